The van der Waals surface area contributed by atoms with E-state index in [9.17, 15) is 4.79 Å². The third-order valence-electron chi connectivity index (χ3n) is 3.85. The molecule has 4 rings (SSSR count). The largest absolute Gasteiger partial charge is 0.486 e. The molecule has 1 aliphatic heterocycles. The summed E-state index contributed by atoms with van der Waals surface area (Å²) in [6.45, 7) is 1.66. The average Bonchev–Trinajstić information content (AvgIpc) is 2.57. The highest BCUT2D eigenvalue weighted by Gasteiger charge is 2.12. The van der Waals surface area contributed by atoms with Gasteiger partial charge in [-0.05, 0) is 35.2 Å². The summed E-state index contributed by atoms with van der Waals surface area (Å²) >= 11 is 0. The molecule has 1 aliphatic rings. The first kappa shape index (κ1) is 13.0. The molecule has 4 heteroatoms. The van der Waals surface area contributed by atoms with Crippen molar-refractivity contribution in [2.45, 2.75) is 6.54 Å². The minimum Gasteiger partial charge on any atom is -0.486 e. The summed E-state index contributed by atoms with van der Waals surface area (Å²) in [5.41, 5.74) is 1.04. The number of pyridine rings is 1. The van der Waals surface area contributed by atoms with Crippen LogP contribution >= 0.6 is 0 Å². The summed E-state index contributed by atoms with van der Waals surface area (Å²) in [6.07, 6.45) is 1.83. The van der Waals surface area contributed by atoms with Crippen LogP contribution in [0.3, 0.4) is 0 Å². The van der Waals surface area contributed by atoms with E-state index in [0.717, 1.165) is 27.8 Å². The molecule has 0 spiro atoms. The number of nitrogens with zero attached hydrogens (tertiary/aromatic N) is 1. The van der Waals surface area contributed by atoms with Crippen LogP contribution in [-0.4, -0.2) is 17.8 Å². The van der Waals surface area contributed by atoms with Gasteiger partial charge in [-0.3, -0.25) is 4.79 Å². The molecular formula is C18H15NO3. The summed E-state index contributed by atoms with van der Waals surface area (Å²) in [4.78, 5) is 12.5. The first-order chi connectivity index (χ1) is 10.8. The Morgan fingerprint density at radius 1 is 0.955 bits per heavy atom. The van der Waals surface area contributed by atoms with Crippen LogP contribution in [0.2, 0.25) is 0 Å². The van der Waals surface area contributed by atoms with Crippen molar-refractivity contribution in [3.8, 4) is 11.5 Å². The standard InChI is InChI=1S/C18H15NO3/c20-18-15-4-2-1-3-14(15)7-8-19(18)12-13-5-6-16-17(11-13)22-10-9-21-16/h1-8,11H,9-10,12H2. The van der Waals surface area contributed by atoms with Crippen LogP contribution in [0.5, 0.6) is 11.5 Å². The zero-order valence-corrected chi connectivity index (χ0v) is 12.0. The van der Waals surface area contributed by atoms with Crippen LogP contribution in [0.1, 0.15) is 5.56 Å². The maximum absolute atomic E-state index is 12.5. The van der Waals surface area contributed by atoms with Gasteiger partial charge >= 0.3 is 0 Å². The van der Waals surface area contributed by atoms with E-state index in [0.29, 0.717) is 19.8 Å². The molecule has 0 bridgehead atoms. The highest BCUT2D eigenvalue weighted by molar-refractivity contribution is 5.81. The van der Waals surface area contributed by atoms with Crippen LogP contribution in [0, 0.1) is 0 Å². The van der Waals surface area contributed by atoms with Crippen molar-refractivity contribution < 1.29 is 9.47 Å². The Balaban J connectivity index is 1.72. The van der Waals surface area contributed by atoms with Crippen molar-refractivity contribution in [2.75, 3.05) is 13.2 Å². The van der Waals surface area contributed by atoms with Crippen molar-refractivity contribution in [3.63, 3.8) is 0 Å². The Kier molecular flexibility index (Phi) is 3.07. The van der Waals surface area contributed by atoms with E-state index in [1.165, 1.54) is 0 Å². The first-order valence-electron chi connectivity index (χ1n) is 7.28. The Morgan fingerprint density at radius 2 is 1.77 bits per heavy atom. The molecule has 0 N–H and O–H groups in total. The topological polar surface area (TPSA) is 40.5 Å². The molecule has 0 saturated heterocycles. The monoisotopic (exact) mass is 293 g/mol. The summed E-state index contributed by atoms with van der Waals surface area (Å²) in [5.74, 6) is 1.51. The van der Waals surface area contributed by atoms with E-state index < -0.39 is 0 Å². The Bertz CT molecular complexity index is 898. The fraction of sp³-hybridized carbons (Fsp3) is 0.167. The molecule has 0 atom stereocenters. The summed E-state index contributed by atoms with van der Waals surface area (Å²) in [6, 6.07) is 15.4. The second-order valence-corrected chi connectivity index (χ2v) is 5.31. The Morgan fingerprint density at radius 3 is 2.68 bits per heavy atom. The van der Waals surface area contributed by atoms with Gasteiger partial charge in [0.25, 0.3) is 5.56 Å². The second-order valence-electron chi connectivity index (χ2n) is 5.31. The molecule has 1 aromatic heterocycles. The molecule has 0 aliphatic carbocycles. The lowest BCUT2D eigenvalue weighted by Crippen LogP contribution is -2.20. The van der Waals surface area contributed by atoms with Gasteiger partial charge in [0.2, 0.25) is 0 Å². The van der Waals surface area contributed by atoms with Gasteiger partial charge in [-0.2, -0.15) is 0 Å². The summed E-state index contributed by atoms with van der Waals surface area (Å²) in [7, 11) is 0. The van der Waals surface area contributed by atoms with Gasteiger partial charge in [0.05, 0.1) is 6.54 Å². The van der Waals surface area contributed by atoms with Gasteiger partial charge in [0.15, 0.2) is 11.5 Å². The maximum atomic E-state index is 12.5. The Hall–Kier alpha value is -2.75. The van der Waals surface area contributed by atoms with Crippen molar-refractivity contribution in [1.82, 2.24) is 4.57 Å². The molecule has 22 heavy (non-hydrogen) atoms. The Labute approximate surface area is 127 Å². The van der Waals surface area contributed by atoms with Gasteiger partial charge in [-0.15, -0.1) is 0 Å². The van der Waals surface area contributed by atoms with Crippen LogP contribution in [0.25, 0.3) is 10.8 Å². The van der Waals surface area contributed by atoms with E-state index in [2.05, 4.69) is 0 Å². The molecule has 0 unspecified atom stereocenters. The number of aromatic nitrogens is 1. The normalized spacial score (nSPS) is 13.3. The molecule has 0 fully saturated rings. The molecule has 0 amide bonds. The van der Waals surface area contributed by atoms with Crippen molar-refractivity contribution in [3.05, 3.63) is 70.6 Å². The first-order valence-corrected chi connectivity index (χ1v) is 7.28. The molecule has 2 aromatic carbocycles. The molecule has 2 heterocycles. The predicted octanol–water partition coefficient (Wildman–Crippen LogP) is 2.82. The van der Waals surface area contributed by atoms with E-state index in [4.69, 9.17) is 9.47 Å². The van der Waals surface area contributed by atoms with Crippen molar-refractivity contribution in [1.29, 1.82) is 0 Å². The van der Waals surface area contributed by atoms with E-state index in [-0.39, 0.29) is 5.56 Å². The third kappa shape index (κ3) is 2.22. The number of fused-ring (bicyclic) bond motifs is 2. The van der Waals surface area contributed by atoms with Gasteiger partial charge in [-0.1, -0.05) is 24.3 Å². The van der Waals surface area contributed by atoms with E-state index >= 15 is 0 Å². The number of rotatable bonds is 2. The number of hydrogen-bond donors (Lipinski definition) is 0. The third-order valence-corrected chi connectivity index (χ3v) is 3.85. The van der Waals surface area contributed by atoms with Crippen molar-refractivity contribution >= 4 is 10.8 Å². The van der Waals surface area contributed by atoms with Gasteiger partial charge in [0.1, 0.15) is 13.2 Å². The van der Waals surface area contributed by atoms with Gasteiger partial charge in [0, 0.05) is 11.6 Å². The lowest BCUT2D eigenvalue weighted by molar-refractivity contribution is 0.171. The van der Waals surface area contributed by atoms with Gasteiger partial charge < -0.3 is 14.0 Å². The lowest BCUT2D eigenvalue weighted by atomic mass is 10.1. The van der Waals surface area contributed by atoms with Crippen molar-refractivity contribution in [2.24, 2.45) is 0 Å². The maximum Gasteiger partial charge on any atom is 0.258 e. The van der Waals surface area contributed by atoms with Gasteiger partial charge in [-0.25, -0.2) is 0 Å². The number of benzene rings is 2. The SMILES string of the molecule is O=c1c2ccccc2ccn1Cc1ccc2c(c1)OCCO2. The molecule has 4 nitrogen and oxygen atoms in total. The zero-order valence-electron chi connectivity index (χ0n) is 12.0. The molecule has 110 valence electrons. The molecular weight excluding hydrogens is 278 g/mol. The minimum absolute atomic E-state index is 0.0213. The van der Waals surface area contributed by atoms with Crippen LogP contribution in [-0.2, 0) is 6.54 Å². The lowest BCUT2D eigenvalue weighted by Gasteiger charge is -2.19. The van der Waals surface area contributed by atoms with Crippen LogP contribution < -0.4 is 15.0 Å². The fourth-order valence-corrected chi connectivity index (χ4v) is 2.74. The van der Waals surface area contributed by atoms with Crippen LogP contribution in [0.15, 0.2) is 59.5 Å². The number of hydrogen-bond acceptors (Lipinski definition) is 3. The highest BCUT2D eigenvalue weighted by Crippen LogP contribution is 2.30. The average molecular weight is 293 g/mol. The summed E-state index contributed by atoms with van der Waals surface area (Å²) < 4.78 is 12.8. The fourth-order valence-electron chi connectivity index (χ4n) is 2.74. The smallest absolute Gasteiger partial charge is 0.258 e. The van der Waals surface area contributed by atoms with E-state index in [1.807, 2.05) is 54.7 Å². The predicted molar refractivity (Wildman–Crippen MR) is 84.7 cm³/mol. The second kappa shape index (κ2) is 5.22. The molecule has 3 aromatic rings. The van der Waals surface area contributed by atoms with Crippen LogP contribution in [0.4, 0.5) is 0 Å². The zero-order chi connectivity index (χ0) is 14.9. The highest BCUT2D eigenvalue weighted by atomic mass is 16.6. The summed E-state index contributed by atoms with van der Waals surface area (Å²) in [5, 5.41) is 1.70. The molecule has 0 saturated carbocycles. The molecule has 0 radical (unpaired) electrons. The quantitative estimate of drug-likeness (QED) is 0.729. The van der Waals surface area contributed by atoms with E-state index in [1.54, 1.807) is 4.57 Å². The minimum atomic E-state index is 0.0213. The number of ether oxygens (including phenoxy) is 2.